The van der Waals surface area contributed by atoms with E-state index in [4.69, 9.17) is 4.74 Å². The zero-order valence-electron chi connectivity index (χ0n) is 12.3. The van der Waals surface area contributed by atoms with Crippen molar-refractivity contribution in [2.24, 2.45) is 0 Å². The molecule has 1 N–H and O–H groups in total. The van der Waals surface area contributed by atoms with Gasteiger partial charge in [0.15, 0.2) is 6.10 Å². The van der Waals surface area contributed by atoms with Crippen LogP contribution < -0.4 is 9.64 Å². The Morgan fingerprint density at radius 3 is 2.76 bits per heavy atom. The van der Waals surface area contributed by atoms with Crippen molar-refractivity contribution in [2.45, 2.75) is 13.0 Å². The summed E-state index contributed by atoms with van der Waals surface area (Å²) in [5, 5.41) is 0. The average molecular weight is 354 g/mol. The van der Waals surface area contributed by atoms with Gasteiger partial charge in [-0.2, -0.15) is 0 Å². The van der Waals surface area contributed by atoms with Gasteiger partial charge in [-0.05, 0) is 41.1 Å². The molecule has 0 bridgehead atoms. The van der Waals surface area contributed by atoms with Gasteiger partial charge in [0.1, 0.15) is 5.75 Å². The Balaban J connectivity index is 1.88. The van der Waals surface area contributed by atoms with Gasteiger partial charge in [0, 0.05) is 0 Å². The van der Waals surface area contributed by atoms with Crippen molar-refractivity contribution in [3.63, 3.8) is 0 Å². The molecule has 1 aromatic carbocycles. The number of rotatable bonds is 5. The van der Waals surface area contributed by atoms with Crippen molar-refractivity contribution < 1.29 is 14.4 Å². The van der Waals surface area contributed by atoms with Gasteiger partial charge < -0.3 is 14.5 Å². The molecule has 0 aromatic heterocycles. The molecule has 2 rings (SSSR count). The summed E-state index contributed by atoms with van der Waals surface area (Å²) in [6.07, 6.45) is 1.47. The largest absolute Gasteiger partial charge is 0.480 e. The van der Waals surface area contributed by atoms with E-state index in [0.717, 1.165) is 37.2 Å². The lowest BCUT2D eigenvalue weighted by molar-refractivity contribution is -0.898. The molecule has 1 amide bonds. The molecular weight excluding hydrogens is 332 g/mol. The molecule has 1 aliphatic heterocycles. The number of nitrogens with one attached hydrogen (secondary N) is 1. The number of halogens is 1. The van der Waals surface area contributed by atoms with Gasteiger partial charge in [-0.1, -0.05) is 18.7 Å². The number of hydrogen-bond donors (Lipinski definition) is 1. The standard InChI is InChI=1S/C16H21BrN2O2/c1-3-8-18-9-11-19(12-10-18)16(20)13(2)21-15-7-5-4-6-14(15)17/h3-7,13H,1,8-12H2,2H3/p+1/t13-/m0/s1. The maximum Gasteiger partial charge on any atom is 0.263 e. The van der Waals surface area contributed by atoms with Crippen LogP contribution in [-0.2, 0) is 4.79 Å². The van der Waals surface area contributed by atoms with Crippen LogP contribution in [0.3, 0.4) is 0 Å². The second-order valence-electron chi connectivity index (χ2n) is 5.26. The molecule has 0 radical (unpaired) electrons. The molecule has 1 aromatic rings. The zero-order valence-corrected chi connectivity index (χ0v) is 13.9. The summed E-state index contributed by atoms with van der Waals surface area (Å²) in [7, 11) is 0. The summed E-state index contributed by atoms with van der Waals surface area (Å²) in [6, 6.07) is 7.59. The average Bonchev–Trinajstić information content (AvgIpc) is 2.50. The smallest absolute Gasteiger partial charge is 0.263 e. The fourth-order valence-electron chi connectivity index (χ4n) is 2.49. The number of piperazine rings is 1. The third-order valence-electron chi connectivity index (χ3n) is 3.70. The van der Waals surface area contributed by atoms with E-state index in [-0.39, 0.29) is 5.91 Å². The van der Waals surface area contributed by atoms with E-state index in [1.54, 1.807) is 0 Å². The molecule has 1 atom stereocenters. The molecular formula is C16H22BrN2O2+. The van der Waals surface area contributed by atoms with Crippen molar-refractivity contribution in [2.75, 3.05) is 32.7 Å². The summed E-state index contributed by atoms with van der Waals surface area (Å²) in [6.45, 7) is 10.1. The van der Waals surface area contributed by atoms with Crippen LogP contribution in [0.5, 0.6) is 5.75 Å². The number of carbonyl (C=O) groups excluding carboxylic acids is 1. The minimum absolute atomic E-state index is 0.0587. The summed E-state index contributed by atoms with van der Waals surface area (Å²) >= 11 is 3.43. The molecule has 21 heavy (non-hydrogen) atoms. The maximum atomic E-state index is 12.4. The van der Waals surface area contributed by atoms with Gasteiger partial charge in [0.25, 0.3) is 5.91 Å². The van der Waals surface area contributed by atoms with Gasteiger partial charge in [-0.3, -0.25) is 4.79 Å². The van der Waals surface area contributed by atoms with Gasteiger partial charge in [-0.15, -0.1) is 0 Å². The molecule has 0 saturated carbocycles. The monoisotopic (exact) mass is 353 g/mol. The van der Waals surface area contributed by atoms with E-state index in [2.05, 4.69) is 22.5 Å². The quantitative estimate of drug-likeness (QED) is 0.805. The first-order valence-electron chi connectivity index (χ1n) is 7.26. The van der Waals surface area contributed by atoms with Gasteiger partial charge in [0.2, 0.25) is 0 Å². The van der Waals surface area contributed by atoms with E-state index in [1.807, 2.05) is 42.2 Å². The zero-order chi connectivity index (χ0) is 15.2. The third kappa shape index (κ3) is 4.32. The first-order valence-corrected chi connectivity index (χ1v) is 8.05. The number of benzene rings is 1. The van der Waals surface area contributed by atoms with Gasteiger partial charge in [0.05, 0.1) is 37.2 Å². The van der Waals surface area contributed by atoms with E-state index in [1.165, 1.54) is 4.90 Å². The van der Waals surface area contributed by atoms with E-state index in [0.29, 0.717) is 5.75 Å². The summed E-state index contributed by atoms with van der Waals surface area (Å²) in [4.78, 5) is 15.8. The minimum Gasteiger partial charge on any atom is -0.480 e. The molecule has 4 nitrogen and oxygen atoms in total. The molecule has 1 heterocycles. The first-order chi connectivity index (χ1) is 10.1. The SMILES string of the molecule is C=CC[NH+]1CCN(C(=O)[C@H](C)Oc2ccccc2Br)CC1. The Morgan fingerprint density at radius 2 is 2.14 bits per heavy atom. The topological polar surface area (TPSA) is 34.0 Å². The van der Waals surface area contributed by atoms with E-state index >= 15 is 0 Å². The summed E-state index contributed by atoms with van der Waals surface area (Å²) in [5.74, 6) is 0.762. The van der Waals surface area contributed by atoms with Crippen molar-refractivity contribution in [1.82, 2.24) is 4.90 Å². The fourth-order valence-corrected chi connectivity index (χ4v) is 2.87. The number of amides is 1. The number of carbonyl (C=O) groups is 1. The van der Waals surface area contributed by atoms with Crippen molar-refractivity contribution >= 4 is 21.8 Å². The fraction of sp³-hybridized carbons (Fsp3) is 0.438. The predicted molar refractivity (Wildman–Crippen MR) is 86.6 cm³/mol. The molecule has 0 aliphatic carbocycles. The van der Waals surface area contributed by atoms with E-state index in [9.17, 15) is 4.79 Å². The number of ether oxygens (including phenoxy) is 1. The van der Waals surface area contributed by atoms with Crippen LogP contribution in [0.1, 0.15) is 6.92 Å². The molecule has 0 unspecified atom stereocenters. The highest BCUT2D eigenvalue weighted by Gasteiger charge is 2.27. The van der Waals surface area contributed by atoms with Crippen molar-refractivity contribution in [3.8, 4) is 5.75 Å². The Kier molecular flexibility index (Phi) is 5.82. The van der Waals surface area contributed by atoms with Crippen LogP contribution in [0.25, 0.3) is 0 Å². The molecule has 114 valence electrons. The lowest BCUT2D eigenvalue weighted by Gasteiger charge is -2.33. The van der Waals surface area contributed by atoms with Crippen LogP contribution in [0, 0.1) is 0 Å². The van der Waals surface area contributed by atoms with Crippen LogP contribution in [0.15, 0.2) is 41.4 Å². The molecule has 1 fully saturated rings. The van der Waals surface area contributed by atoms with Crippen molar-refractivity contribution in [1.29, 1.82) is 0 Å². The Hall–Kier alpha value is -1.33. The second-order valence-corrected chi connectivity index (χ2v) is 6.11. The maximum absolute atomic E-state index is 12.4. The Labute approximate surface area is 134 Å². The van der Waals surface area contributed by atoms with Crippen LogP contribution in [0.4, 0.5) is 0 Å². The predicted octanol–water partition coefficient (Wildman–Crippen LogP) is 1.13. The number of quaternary nitrogens is 1. The first kappa shape index (κ1) is 16.0. The highest BCUT2D eigenvalue weighted by atomic mass is 79.9. The van der Waals surface area contributed by atoms with Gasteiger partial charge >= 0.3 is 0 Å². The Morgan fingerprint density at radius 1 is 1.48 bits per heavy atom. The Bertz CT molecular complexity index is 499. The second kappa shape index (κ2) is 7.61. The van der Waals surface area contributed by atoms with Crippen LogP contribution >= 0.6 is 15.9 Å². The highest BCUT2D eigenvalue weighted by Crippen LogP contribution is 2.25. The van der Waals surface area contributed by atoms with Gasteiger partial charge in [-0.25, -0.2) is 0 Å². The third-order valence-corrected chi connectivity index (χ3v) is 4.36. The molecule has 1 saturated heterocycles. The summed E-state index contributed by atoms with van der Waals surface area (Å²) in [5.41, 5.74) is 0. The van der Waals surface area contributed by atoms with Crippen LogP contribution in [0.2, 0.25) is 0 Å². The normalized spacial score (nSPS) is 17.3. The van der Waals surface area contributed by atoms with Crippen molar-refractivity contribution in [3.05, 3.63) is 41.4 Å². The molecule has 0 spiro atoms. The molecule has 5 heteroatoms. The highest BCUT2D eigenvalue weighted by molar-refractivity contribution is 9.10. The number of para-hydroxylation sites is 1. The number of hydrogen-bond acceptors (Lipinski definition) is 2. The lowest BCUT2D eigenvalue weighted by atomic mass is 10.2. The lowest BCUT2D eigenvalue weighted by Crippen LogP contribution is -3.14. The minimum atomic E-state index is -0.468. The van der Waals surface area contributed by atoms with E-state index < -0.39 is 6.10 Å². The molecule has 1 aliphatic rings. The number of nitrogens with zero attached hydrogens (tertiary/aromatic N) is 1. The summed E-state index contributed by atoms with van der Waals surface area (Å²) < 4.78 is 6.64. The van der Waals surface area contributed by atoms with Crippen LogP contribution in [-0.4, -0.2) is 49.6 Å².